The third kappa shape index (κ3) is 2.92. The molecular weight excluding hydrogens is 254 g/mol. The number of hydrogen-bond acceptors (Lipinski definition) is 3. The summed E-state index contributed by atoms with van der Waals surface area (Å²) in [5, 5.41) is 8.14. The fourth-order valence-corrected chi connectivity index (χ4v) is 4.32. The van der Waals surface area contributed by atoms with E-state index >= 15 is 0 Å². The normalized spacial score (nSPS) is 31.9. The first-order valence-electron chi connectivity index (χ1n) is 6.37. The zero-order valence-electron chi connectivity index (χ0n) is 10.2. The molecule has 0 heterocycles. The molecule has 102 valence electrons. The van der Waals surface area contributed by atoms with Crippen molar-refractivity contribution < 1.29 is 18.3 Å². The molecule has 5 nitrogen and oxygen atoms in total. The Kier molecular flexibility index (Phi) is 4.07. The Morgan fingerprint density at radius 2 is 2.06 bits per heavy atom. The highest BCUT2D eigenvalue weighted by atomic mass is 32.2. The number of sulfonamides is 1. The zero-order valence-corrected chi connectivity index (χ0v) is 11.0. The Bertz CT molecular complexity index is 443. The molecule has 0 aromatic carbocycles. The van der Waals surface area contributed by atoms with Gasteiger partial charge < -0.3 is 5.11 Å². The van der Waals surface area contributed by atoms with Crippen LogP contribution in [0, 0.1) is 11.8 Å². The van der Waals surface area contributed by atoms with E-state index in [-0.39, 0.29) is 0 Å². The van der Waals surface area contributed by atoms with Crippen LogP contribution in [-0.2, 0) is 14.8 Å². The Labute approximate surface area is 107 Å². The smallest absolute Gasteiger partial charge is 0.307 e. The predicted molar refractivity (Wildman–Crippen MR) is 67.6 cm³/mol. The minimum Gasteiger partial charge on any atom is -0.481 e. The van der Waals surface area contributed by atoms with E-state index in [9.17, 15) is 13.2 Å². The largest absolute Gasteiger partial charge is 0.481 e. The van der Waals surface area contributed by atoms with Crippen LogP contribution in [-0.4, -0.2) is 31.3 Å². The molecule has 0 bridgehead atoms. The van der Waals surface area contributed by atoms with E-state index in [0.717, 1.165) is 19.3 Å². The molecule has 2 aliphatic rings. The molecule has 0 aliphatic heterocycles. The summed E-state index contributed by atoms with van der Waals surface area (Å²) < 4.78 is 26.5. The van der Waals surface area contributed by atoms with Crippen molar-refractivity contribution in [1.29, 1.82) is 0 Å². The van der Waals surface area contributed by atoms with Gasteiger partial charge >= 0.3 is 5.97 Å². The van der Waals surface area contributed by atoms with Gasteiger partial charge in [0.05, 0.1) is 11.2 Å². The van der Waals surface area contributed by atoms with Crippen LogP contribution in [0.1, 0.15) is 32.1 Å². The molecule has 0 saturated heterocycles. The lowest BCUT2D eigenvalue weighted by Gasteiger charge is -2.33. The first-order chi connectivity index (χ1) is 8.50. The van der Waals surface area contributed by atoms with Crippen molar-refractivity contribution >= 4 is 16.0 Å². The van der Waals surface area contributed by atoms with Crippen molar-refractivity contribution in [3.63, 3.8) is 0 Å². The van der Waals surface area contributed by atoms with Gasteiger partial charge in [0, 0.05) is 6.54 Å². The van der Waals surface area contributed by atoms with Crippen molar-refractivity contribution in [2.24, 2.45) is 11.8 Å². The summed E-state index contributed by atoms with van der Waals surface area (Å²) in [6.07, 6.45) is 7.99. The number of carboxylic acid groups (broad SMARTS) is 1. The molecule has 2 aliphatic carbocycles. The molecule has 2 N–H and O–H groups in total. The minimum absolute atomic E-state index is 0.341. The highest BCUT2D eigenvalue weighted by Crippen LogP contribution is 2.33. The van der Waals surface area contributed by atoms with Gasteiger partial charge in [-0.25, -0.2) is 13.1 Å². The molecule has 1 saturated carbocycles. The van der Waals surface area contributed by atoms with Crippen molar-refractivity contribution in [3.05, 3.63) is 12.2 Å². The SMILES string of the molecule is O=C(O)C1CCC1S(=O)(=O)NCC1CC=CCC1. The van der Waals surface area contributed by atoms with E-state index in [1.165, 1.54) is 0 Å². The molecule has 0 amide bonds. The first kappa shape index (κ1) is 13.5. The number of nitrogens with one attached hydrogen (secondary N) is 1. The Morgan fingerprint density at radius 3 is 2.56 bits per heavy atom. The highest BCUT2D eigenvalue weighted by molar-refractivity contribution is 7.90. The third-order valence-corrected chi connectivity index (χ3v) is 5.81. The summed E-state index contributed by atoms with van der Waals surface area (Å²) in [6.45, 7) is 0.426. The van der Waals surface area contributed by atoms with Crippen LogP contribution in [0.4, 0.5) is 0 Å². The Hall–Kier alpha value is -0.880. The molecule has 1 fully saturated rings. The van der Waals surface area contributed by atoms with Crippen LogP contribution >= 0.6 is 0 Å². The van der Waals surface area contributed by atoms with E-state index in [4.69, 9.17) is 5.11 Å². The average Bonchev–Trinajstić information content (AvgIpc) is 2.25. The summed E-state index contributed by atoms with van der Waals surface area (Å²) in [7, 11) is -3.47. The maximum Gasteiger partial charge on any atom is 0.307 e. The lowest BCUT2D eigenvalue weighted by Crippen LogP contribution is -2.49. The minimum atomic E-state index is -3.47. The second-order valence-electron chi connectivity index (χ2n) is 5.10. The van der Waals surface area contributed by atoms with E-state index < -0.39 is 27.2 Å². The Morgan fingerprint density at radius 1 is 1.28 bits per heavy atom. The van der Waals surface area contributed by atoms with E-state index in [0.29, 0.717) is 25.3 Å². The summed E-state index contributed by atoms with van der Waals surface area (Å²) >= 11 is 0. The van der Waals surface area contributed by atoms with Gasteiger partial charge in [-0.15, -0.1) is 0 Å². The van der Waals surface area contributed by atoms with Gasteiger partial charge in [0.2, 0.25) is 10.0 Å². The van der Waals surface area contributed by atoms with Crippen molar-refractivity contribution in [1.82, 2.24) is 4.72 Å². The van der Waals surface area contributed by atoms with Crippen LogP contribution in [0.25, 0.3) is 0 Å². The molecule has 18 heavy (non-hydrogen) atoms. The molecule has 0 aromatic rings. The number of rotatable bonds is 5. The van der Waals surface area contributed by atoms with Crippen LogP contribution < -0.4 is 4.72 Å². The lowest BCUT2D eigenvalue weighted by atomic mass is 9.85. The van der Waals surface area contributed by atoms with Gasteiger partial charge in [-0.3, -0.25) is 4.79 Å². The number of carboxylic acids is 1. The molecule has 2 rings (SSSR count). The maximum atomic E-state index is 12.0. The van der Waals surface area contributed by atoms with Crippen molar-refractivity contribution in [3.8, 4) is 0 Å². The molecule has 6 heteroatoms. The van der Waals surface area contributed by atoms with E-state index in [1.807, 2.05) is 0 Å². The van der Waals surface area contributed by atoms with E-state index in [2.05, 4.69) is 16.9 Å². The predicted octanol–water partition coefficient (Wildman–Crippen LogP) is 1.13. The lowest BCUT2D eigenvalue weighted by molar-refractivity contribution is -0.144. The number of aliphatic carboxylic acids is 1. The Balaban J connectivity index is 1.87. The van der Waals surface area contributed by atoms with Crippen molar-refractivity contribution in [2.75, 3.05) is 6.54 Å². The summed E-state index contributed by atoms with van der Waals surface area (Å²) in [5.41, 5.74) is 0. The van der Waals surface area contributed by atoms with Crippen LogP contribution in [0.2, 0.25) is 0 Å². The first-order valence-corrected chi connectivity index (χ1v) is 7.91. The summed E-state index contributed by atoms with van der Waals surface area (Å²) in [4.78, 5) is 10.8. The van der Waals surface area contributed by atoms with E-state index in [1.54, 1.807) is 0 Å². The zero-order chi connectivity index (χ0) is 13.2. The second kappa shape index (κ2) is 5.40. The quantitative estimate of drug-likeness (QED) is 0.735. The summed E-state index contributed by atoms with van der Waals surface area (Å²) in [5.74, 6) is -1.39. The van der Waals surface area contributed by atoms with Gasteiger partial charge in [0.1, 0.15) is 0 Å². The van der Waals surface area contributed by atoms with Crippen LogP contribution in [0.5, 0.6) is 0 Å². The average molecular weight is 273 g/mol. The third-order valence-electron chi connectivity index (χ3n) is 3.88. The van der Waals surface area contributed by atoms with Gasteiger partial charge in [0.15, 0.2) is 0 Å². The molecule has 3 unspecified atom stereocenters. The molecule has 0 spiro atoms. The number of allylic oxidation sites excluding steroid dienone is 2. The molecular formula is C12H19NO4S. The van der Waals surface area contributed by atoms with Crippen molar-refractivity contribution in [2.45, 2.75) is 37.4 Å². The number of hydrogen-bond donors (Lipinski definition) is 2. The van der Waals surface area contributed by atoms with Crippen LogP contribution in [0.3, 0.4) is 0 Å². The highest BCUT2D eigenvalue weighted by Gasteiger charge is 2.45. The fraction of sp³-hybridized carbons (Fsp3) is 0.750. The molecule has 0 aromatic heterocycles. The maximum absolute atomic E-state index is 12.0. The summed E-state index contributed by atoms with van der Waals surface area (Å²) in [6, 6.07) is 0. The van der Waals surface area contributed by atoms with Gasteiger partial charge in [0.25, 0.3) is 0 Å². The number of carbonyl (C=O) groups is 1. The second-order valence-corrected chi connectivity index (χ2v) is 7.09. The topological polar surface area (TPSA) is 83.5 Å². The monoisotopic (exact) mass is 273 g/mol. The standard InChI is InChI=1S/C12H19NO4S/c14-12(15)10-6-7-11(10)18(16,17)13-8-9-4-2-1-3-5-9/h1-2,9-11,13H,3-8H2,(H,14,15). The molecule has 3 atom stereocenters. The van der Waals surface area contributed by atoms with Crippen LogP contribution in [0.15, 0.2) is 12.2 Å². The van der Waals surface area contributed by atoms with Gasteiger partial charge in [-0.05, 0) is 38.0 Å². The van der Waals surface area contributed by atoms with Gasteiger partial charge in [-0.2, -0.15) is 0 Å². The van der Waals surface area contributed by atoms with Gasteiger partial charge in [-0.1, -0.05) is 12.2 Å². The fourth-order valence-electron chi connectivity index (χ4n) is 2.51. The molecule has 0 radical (unpaired) electrons.